The highest BCUT2D eigenvalue weighted by molar-refractivity contribution is 7.18. The fourth-order valence-electron chi connectivity index (χ4n) is 2.09. The van der Waals surface area contributed by atoms with Gasteiger partial charge in [0.2, 0.25) is 5.91 Å². The van der Waals surface area contributed by atoms with Crippen LogP contribution in [-0.2, 0) is 11.2 Å². The Kier molecular flexibility index (Phi) is 5.56. The average Bonchev–Trinajstić information content (AvgIpc) is 2.79. The number of nitrogens with one attached hydrogen (secondary N) is 1. The molecule has 0 saturated carbocycles. The van der Waals surface area contributed by atoms with Crippen molar-refractivity contribution in [2.75, 3.05) is 6.54 Å². The molecule has 1 atom stereocenters. The molecule has 0 bridgehead atoms. The number of fused-ring (bicyclic) bond motifs is 1. The van der Waals surface area contributed by atoms with E-state index in [1.54, 1.807) is 11.3 Å². The molecule has 0 aliphatic carbocycles. The molecule has 6 heteroatoms. The van der Waals surface area contributed by atoms with E-state index < -0.39 is 6.04 Å². The van der Waals surface area contributed by atoms with Crippen molar-refractivity contribution < 1.29 is 4.79 Å². The van der Waals surface area contributed by atoms with E-state index >= 15 is 0 Å². The summed E-state index contributed by atoms with van der Waals surface area (Å²) < 4.78 is 1.11. The number of nitrogens with two attached hydrogens (primary N) is 1. The van der Waals surface area contributed by atoms with Crippen LogP contribution in [0.5, 0.6) is 0 Å². The number of hydrogen-bond donors (Lipinski definition) is 2. The molecule has 0 aliphatic heterocycles. The Balaban J connectivity index is 1.86. The second-order valence-electron chi connectivity index (χ2n) is 5.50. The molecule has 0 fully saturated rings. The maximum atomic E-state index is 11.8. The van der Waals surface area contributed by atoms with Crippen LogP contribution in [0.4, 0.5) is 0 Å². The van der Waals surface area contributed by atoms with Crippen LogP contribution in [-0.4, -0.2) is 23.5 Å². The first kappa shape index (κ1) is 16.2. The van der Waals surface area contributed by atoms with Gasteiger partial charge in [-0.05, 0) is 30.5 Å². The molecule has 1 aromatic heterocycles. The Labute approximate surface area is 133 Å². The molecule has 0 saturated heterocycles. The second-order valence-corrected chi connectivity index (χ2v) is 7.05. The van der Waals surface area contributed by atoms with Gasteiger partial charge in [0.25, 0.3) is 0 Å². The summed E-state index contributed by atoms with van der Waals surface area (Å²) >= 11 is 7.57. The van der Waals surface area contributed by atoms with E-state index in [4.69, 9.17) is 17.3 Å². The van der Waals surface area contributed by atoms with Gasteiger partial charge < -0.3 is 11.1 Å². The molecule has 114 valence electrons. The third kappa shape index (κ3) is 4.66. The summed E-state index contributed by atoms with van der Waals surface area (Å²) in [6.45, 7) is 4.66. The van der Waals surface area contributed by atoms with Crippen LogP contribution in [0.15, 0.2) is 18.2 Å². The largest absolute Gasteiger partial charge is 0.354 e. The van der Waals surface area contributed by atoms with Gasteiger partial charge in [0, 0.05) is 18.0 Å². The molecule has 1 aromatic carbocycles. The first-order valence-electron chi connectivity index (χ1n) is 7.04. The van der Waals surface area contributed by atoms with Crippen LogP contribution < -0.4 is 11.1 Å². The van der Waals surface area contributed by atoms with Gasteiger partial charge in [-0.15, -0.1) is 11.3 Å². The number of benzene rings is 1. The smallest absolute Gasteiger partial charge is 0.236 e. The topological polar surface area (TPSA) is 68.0 Å². The molecule has 4 nitrogen and oxygen atoms in total. The minimum absolute atomic E-state index is 0.0899. The van der Waals surface area contributed by atoms with Gasteiger partial charge in [-0.3, -0.25) is 4.79 Å². The highest BCUT2D eigenvalue weighted by Crippen LogP contribution is 2.25. The van der Waals surface area contributed by atoms with Crippen molar-refractivity contribution in [2.45, 2.75) is 32.7 Å². The maximum absolute atomic E-state index is 11.8. The zero-order valence-electron chi connectivity index (χ0n) is 12.2. The number of carbonyl (C=O) groups excluding carboxylic acids is 1. The number of thiazole rings is 1. The second kappa shape index (κ2) is 7.20. The van der Waals surface area contributed by atoms with Crippen molar-refractivity contribution in [1.82, 2.24) is 10.3 Å². The zero-order chi connectivity index (χ0) is 15.4. The van der Waals surface area contributed by atoms with E-state index in [9.17, 15) is 4.79 Å². The summed E-state index contributed by atoms with van der Waals surface area (Å²) in [4.78, 5) is 16.3. The quantitative estimate of drug-likeness (QED) is 0.858. The number of nitrogens with zero attached hydrogens (tertiary/aromatic N) is 1. The molecular weight excluding hydrogens is 306 g/mol. The minimum Gasteiger partial charge on any atom is -0.354 e. The lowest BCUT2D eigenvalue weighted by molar-refractivity contribution is -0.122. The predicted octanol–water partition coefficient (Wildman–Crippen LogP) is 2.98. The van der Waals surface area contributed by atoms with Crippen molar-refractivity contribution in [3.63, 3.8) is 0 Å². The number of halogens is 1. The Morgan fingerprint density at radius 2 is 2.24 bits per heavy atom. The SMILES string of the molecule is CC(C)C[C@H](N)C(=O)NCCc1nc2cc(Cl)ccc2s1. The highest BCUT2D eigenvalue weighted by Gasteiger charge is 2.14. The van der Waals surface area contributed by atoms with Crippen molar-refractivity contribution in [3.8, 4) is 0 Å². The number of amides is 1. The maximum Gasteiger partial charge on any atom is 0.236 e. The molecule has 21 heavy (non-hydrogen) atoms. The minimum atomic E-state index is -0.431. The van der Waals surface area contributed by atoms with E-state index in [1.165, 1.54) is 0 Å². The van der Waals surface area contributed by atoms with Gasteiger partial charge in [0.05, 0.1) is 21.3 Å². The summed E-state index contributed by atoms with van der Waals surface area (Å²) in [5.74, 6) is 0.326. The molecule has 1 heterocycles. The van der Waals surface area contributed by atoms with Gasteiger partial charge in [-0.2, -0.15) is 0 Å². The van der Waals surface area contributed by atoms with E-state index in [0.29, 0.717) is 30.3 Å². The van der Waals surface area contributed by atoms with Crippen LogP contribution >= 0.6 is 22.9 Å². The lowest BCUT2D eigenvalue weighted by Gasteiger charge is -2.13. The Hall–Kier alpha value is -1.17. The third-order valence-corrected chi connectivity index (χ3v) is 4.43. The Morgan fingerprint density at radius 1 is 1.48 bits per heavy atom. The fraction of sp³-hybridized carbons (Fsp3) is 0.467. The Bertz CT molecular complexity index is 626. The zero-order valence-corrected chi connectivity index (χ0v) is 13.8. The first-order valence-corrected chi connectivity index (χ1v) is 8.23. The normalized spacial score (nSPS) is 12.8. The third-order valence-electron chi connectivity index (χ3n) is 3.09. The van der Waals surface area contributed by atoms with Crippen molar-refractivity contribution in [3.05, 3.63) is 28.2 Å². The molecular formula is C15H20ClN3OS. The summed E-state index contributed by atoms with van der Waals surface area (Å²) in [6.07, 6.45) is 1.41. The van der Waals surface area contributed by atoms with Gasteiger partial charge in [0.15, 0.2) is 0 Å². The molecule has 2 rings (SSSR count). The predicted molar refractivity (Wildman–Crippen MR) is 88.8 cm³/mol. The van der Waals surface area contributed by atoms with E-state index in [0.717, 1.165) is 15.2 Å². The lowest BCUT2D eigenvalue weighted by atomic mass is 10.0. The van der Waals surface area contributed by atoms with E-state index in [2.05, 4.69) is 24.1 Å². The average molecular weight is 326 g/mol. The van der Waals surface area contributed by atoms with E-state index in [-0.39, 0.29) is 5.91 Å². The lowest BCUT2D eigenvalue weighted by Crippen LogP contribution is -2.42. The van der Waals surface area contributed by atoms with Crippen molar-refractivity contribution >= 4 is 39.1 Å². The van der Waals surface area contributed by atoms with Gasteiger partial charge in [-0.1, -0.05) is 25.4 Å². The van der Waals surface area contributed by atoms with Crippen molar-refractivity contribution in [1.29, 1.82) is 0 Å². The van der Waals surface area contributed by atoms with Gasteiger partial charge in [0.1, 0.15) is 0 Å². The number of rotatable bonds is 6. The van der Waals surface area contributed by atoms with E-state index in [1.807, 2.05) is 18.2 Å². The standard InChI is InChI=1S/C15H20ClN3OS/c1-9(2)7-11(17)15(20)18-6-5-14-19-12-8-10(16)3-4-13(12)21-14/h3-4,8-9,11H,5-7,17H2,1-2H3,(H,18,20)/t11-/m0/s1. The van der Waals surface area contributed by atoms with Crippen LogP contribution in [0.1, 0.15) is 25.3 Å². The molecule has 2 aromatic rings. The molecule has 0 aliphatic rings. The summed E-state index contributed by atoms with van der Waals surface area (Å²) in [5, 5.41) is 4.55. The highest BCUT2D eigenvalue weighted by atomic mass is 35.5. The summed E-state index contributed by atoms with van der Waals surface area (Å²) in [7, 11) is 0. The molecule has 1 amide bonds. The van der Waals surface area contributed by atoms with Crippen LogP contribution in [0.2, 0.25) is 5.02 Å². The molecule has 0 spiro atoms. The number of hydrogen-bond acceptors (Lipinski definition) is 4. The number of aromatic nitrogens is 1. The molecule has 0 unspecified atom stereocenters. The van der Waals surface area contributed by atoms with Crippen LogP contribution in [0.3, 0.4) is 0 Å². The monoisotopic (exact) mass is 325 g/mol. The van der Waals surface area contributed by atoms with Crippen LogP contribution in [0.25, 0.3) is 10.2 Å². The van der Waals surface area contributed by atoms with Crippen molar-refractivity contribution in [2.24, 2.45) is 11.7 Å². The fourth-order valence-corrected chi connectivity index (χ4v) is 3.21. The van der Waals surface area contributed by atoms with Gasteiger partial charge >= 0.3 is 0 Å². The molecule has 0 radical (unpaired) electrons. The van der Waals surface area contributed by atoms with Crippen LogP contribution in [0, 0.1) is 5.92 Å². The summed E-state index contributed by atoms with van der Waals surface area (Å²) in [6, 6.07) is 5.25. The molecule has 3 N–H and O–H groups in total. The van der Waals surface area contributed by atoms with Gasteiger partial charge in [-0.25, -0.2) is 4.98 Å². The Morgan fingerprint density at radius 3 is 2.95 bits per heavy atom. The first-order chi connectivity index (χ1) is 9.95. The number of carbonyl (C=O) groups is 1. The summed E-state index contributed by atoms with van der Waals surface area (Å²) in [5.41, 5.74) is 6.74.